The van der Waals surface area contributed by atoms with Crippen molar-refractivity contribution in [2.75, 3.05) is 4.72 Å². The van der Waals surface area contributed by atoms with Crippen LogP contribution in [0, 0.1) is 18.8 Å². The Morgan fingerprint density at radius 1 is 1.23 bits per heavy atom. The van der Waals surface area contributed by atoms with Crippen molar-refractivity contribution in [3.63, 3.8) is 0 Å². The van der Waals surface area contributed by atoms with E-state index in [4.69, 9.17) is 9.52 Å². The summed E-state index contributed by atoms with van der Waals surface area (Å²) in [7, 11) is -4.19. The highest BCUT2D eigenvalue weighted by atomic mass is 32.2. The van der Waals surface area contributed by atoms with Crippen LogP contribution in [0.25, 0.3) is 11.1 Å². The van der Waals surface area contributed by atoms with Crippen molar-refractivity contribution in [3.8, 4) is 11.8 Å². The second-order valence-electron chi connectivity index (χ2n) is 6.42. The number of alkyl halides is 3. The zero-order valence-corrected chi connectivity index (χ0v) is 16.8. The Hall–Kier alpha value is -3.52. The number of oxazole rings is 1. The summed E-state index contributed by atoms with van der Waals surface area (Å²) >= 11 is 0. The number of anilines is 1. The van der Waals surface area contributed by atoms with E-state index >= 15 is 0 Å². The minimum atomic E-state index is -4.66. The molecule has 11 heteroatoms. The molecule has 0 radical (unpaired) electrons. The molecular formula is C20H15F3N2O5S. The van der Waals surface area contributed by atoms with Gasteiger partial charge in [-0.25, -0.2) is 13.4 Å². The summed E-state index contributed by atoms with van der Waals surface area (Å²) in [6, 6.07) is 6.37. The molecule has 0 saturated carbocycles. The lowest BCUT2D eigenvalue weighted by Crippen LogP contribution is -2.14. The van der Waals surface area contributed by atoms with Crippen LogP contribution in [0.15, 0.2) is 45.7 Å². The highest BCUT2D eigenvalue weighted by Gasteiger charge is 2.31. The van der Waals surface area contributed by atoms with Gasteiger partial charge in [-0.05, 0) is 30.3 Å². The van der Waals surface area contributed by atoms with E-state index in [0.29, 0.717) is 17.5 Å². The van der Waals surface area contributed by atoms with Crippen molar-refractivity contribution in [1.82, 2.24) is 4.98 Å². The normalized spacial score (nSPS) is 11.7. The van der Waals surface area contributed by atoms with Gasteiger partial charge in [0.15, 0.2) is 11.5 Å². The van der Waals surface area contributed by atoms with Crippen molar-refractivity contribution in [3.05, 3.63) is 53.4 Å². The summed E-state index contributed by atoms with van der Waals surface area (Å²) in [5.41, 5.74) is -0.737. The van der Waals surface area contributed by atoms with Gasteiger partial charge in [0.2, 0.25) is 0 Å². The molecule has 3 aromatic rings. The maximum absolute atomic E-state index is 13.1. The fourth-order valence-corrected chi connectivity index (χ4v) is 3.73. The van der Waals surface area contributed by atoms with Crippen LogP contribution < -0.4 is 4.72 Å². The van der Waals surface area contributed by atoms with E-state index in [0.717, 1.165) is 12.1 Å². The molecule has 0 unspecified atom stereocenters. The van der Waals surface area contributed by atoms with Crippen molar-refractivity contribution in [2.45, 2.75) is 30.8 Å². The maximum atomic E-state index is 13.1. The fraction of sp³-hybridized carbons (Fsp3) is 0.200. The number of nitrogens with zero attached hydrogens (tertiary/aromatic N) is 1. The molecule has 3 rings (SSSR count). The first-order valence-corrected chi connectivity index (χ1v) is 10.3. The quantitative estimate of drug-likeness (QED) is 0.563. The molecule has 0 fully saturated rings. The smallest absolute Gasteiger partial charge is 0.416 e. The van der Waals surface area contributed by atoms with Gasteiger partial charge in [0.05, 0.1) is 22.6 Å². The zero-order chi connectivity index (χ0) is 22.8. The lowest BCUT2D eigenvalue weighted by atomic mass is 10.1. The van der Waals surface area contributed by atoms with E-state index in [-0.39, 0.29) is 34.6 Å². The monoisotopic (exact) mass is 452 g/mol. The van der Waals surface area contributed by atoms with E-state index in [1.54, 1.807) is 6.92 Å². The van der Waals surface area contributed by atoms with Gasteiger partial charge in [-0.15, -0.1) is 0 Å². The van der Waals surface area contributed by atoms with Crippen LogP contribution in [-0.4, -0.2) is 24.5 Å². The molecule has 0 spiro atoms. The van der Waals surface area contributed by atoms with E-state index in [1.165, 1.54) is 18.2 Å². The van der Waals surface area contributed by atoms with Gasteiger partial charge in [-0.2, -0.15) is 13.2 Å². The van der Waals surface area contributed by atoms with Crippen LogP contribution in [0.2, 0.25) is 0 Å². The van der Waals surface area contributed by atoms with Crippen LogP contribution in [-0.2, 0) is 21.0 Å². The second-order valence-corrected chi connectivity index (χ2v) is 8.10. The Bertz CT molecular complexity index is 1320. The molecule has 7 nitrogen and oxygen atoms in total. The molecule has 1 aromatic heterocycles. The Morgan fingerprint density at radius 3 is 2.65 bits per heavy atom. The number of aromatic nitrogens is 1. The summed E-state index contributed by atoms with van der Waals surface area (Å²) in [6.07, 6.45) is -5.08. The maximum Gasteiger partial charge on any atom is 0.416 e. The van der Waals surface area contributed by atoms with Gasteiger partial charge in [-0.1, -0.05) is 11.8 Å². The number of rotatable bonds is 5. The Balaban J connectivity index is 1.98. The van der Waals surface area contributed by atoms with Crippen molar-refractivity contribution in [1.29, 1.82) is 0 Å². The highest BCUT2D eigenvalue weighted by Crippen LogP contribution is 2.32. The van der Waals surface area contributed by atoms with E-state index in [2.05, 4.69) is 21.5 Å². The van der Waals surface area contributed by atoms with Gasteiger partial charge < -0.3 is 9.52 Å². The molecule has 0 aliphatic heterocycles. The first kappa shape index (κ1) is 22.2. The summed E-state index contributed by atoms with van der Waals surface area (Å²) < 4.78 is 72.3. The minimum absolute atomic E-state index is 0.112. The third-order valence-electron chi connectivity index (χ3n) is 4.06. The first-order chi connectivity index (χ1) is 14.5. The Kier molecular flexibility index (Phi) is 5.94. The number of aliphatic carboxylic acids is 1. The van der Waals surface area contributed by atoms with Gasteiger partial charge in [0, 0.05) is 25.0 Å². The Labute approximate surface area is 175 Å². The number of carboxylic acids is 1. The number of halogens is 3. The number of aryl methyl sites for hydroxylation is 1. The van der Waals surface area contributed by atoms with Crippen LogP contribution in [0.1, 0.15) is 29.9 Å². The number of carboxylic acid groups (broad SMARTS) is 1. The van der Waals surface area contributed by atoms with Crippen LogP contribution in [0.5, 0.6) is 0 Å². The van der Waals surface area contributed by atoms with Crippen LogP contribution >= 0.6 is 0 Å². The molecule has 2 aromatic carbocycles. The fourth-order valence-electron chi connectivity index (χ4n) is 2.63. The summed E-state index contributed by atoms with van der Waals surface area (Å²) in [4.78, 5) is 14.5. The van der Waals surface area contributed by atoms with Gasteiger partial charge in [0.25, 0.3) is 10.0 Å². The number of hydrogen-bond donors (Lipinski definition) is 2. The standard InChI is InChI=1S/C20H15F3N2O5S/c1-12-24-17-9-7-15(11-18(17)30-12)31(28,29)25-16-8-6-14(20(21,22)23)10-13(16)4-2-3-5-19(26)27/h6-11,25H,3,5H2,1H3,(H,26,27). The molecule has 0 amide bonds. The molecule has 2 N–H and O–H groups in total. The molecule has 1 heterocycles. The Morgan fingerprint density at radius 2 is 1.97 bits per heavy atom. The first-order valence-electron chi connectivity index (χ1n) is 8.77. The number of carbonyl (C=O) groups is 1. The van der Waals surface area contributed by atoms with Crippen molar-refractivity contribution >= 4 is 32.8 Å². The highest BCUT2D eigenvalue weighted by molar-refractivity contribution is 7.92. The van der Waals surface area contributed by atoms with Gasteiger partial charge >= 0.3 is 12.1 Å². The molecule has 162 valence electrons. The predicted octanol–water partition coefficient (Wildman–Crippen LogP) is 4.17. The van der Waals surface area contributed by atoms with Crippen LogP contribution in [0.3, 0.4) is 0 Å². The van der Waals surface area contributed by atoms with E-state index in [9.17, 15) is 26.4 Å². The van der Waals surface area contributed by atoms with Gasteiger partial charge in [0.1, 0.15) is 5.52 Å². The zero-order valence-electron chi connectivity index (χ0n) is 15.9. The average Bonchev–Trinajstić information content (AvgIpc) is 3.04. The van der Waals surface area contributed by atoms with Crippen molar-refractivity contribution in [2.24, 2.45) is 0 Å². The summed E-state index contributed by atoms with van der Waals surface area (Å²) in [6.45, 7) is 1.60. The lowest BCUT2D eigenvalue weighted by molar-refractivity contribution is -0.138. The van der Waals surface area contributed by atoms with E-state index in [1.807, 2.05) is 0 Å². The largest absolute Gasteiger partial charge is 0.481 e. The molecular weight excluding hydrogens is 437 g/mol. The van der Waals surface area contributed by atoms with Gasteiger partial charge in [-0.3, -0.25) is 9.52 Å². The third-order valence-corrected chi connectivity index (χ3v) is 5.42. The number of benzene rings is 2. The van der Waals surface area contributed by atoms with Crippen LogP contribution in [0.4, 0.5) is 18.9 Å². The molecule has 31 heavy (non-hydrogen) atoms. The molecule has 0 saturated heterocycles. The second kappa shape index (κ2) is 8.31. The van der Waals surface area contributed by atoms with E-state index < -0.39 is 27.7 Å². The average molecular weight is 452 g/mol. The summed E-state index contributed by atoms with van der Waals surface area (Å²) in [5, 5.41) is 8.65. The SMILES string of the molecule is Cc1nc2ccc(S(=O)(=O)Nc3ccc(C(F)(F)F)cc3C#CCCC(=O)O)cc2o1. The lowest BCUT2D eigenvalue weighted by Gasteiger charge is -2.13. The molecule has 0 bridgehead atoms. The number of hydrogen-bond acceptors (Lipinski definition) is 5. The molecule has 0 aliphatic carbocycles. The predicted molar refractivity (Wildman–Crippen MR) is 105 cm³/mol. The summed E-state index contributed by atoms with van der Waals surface area (Å²) in [5.74, 6) is 4.10. The number of nitrogens with one attached hydrogen (secondary N) is 1. The topological polar surface area (TPSA) is 110 Å². The number of sulfonamides is 1. The number of fused-ring (bicyclic) bond motifs is 1. The third kappa shape index (κ3) is 5.35. The molecule has 0 atom stereocenters. The molecule has 0 aliphatic rings. The van der Waals surface area contributed by atoms with Crippen molar-refractivity contribution < 1.29 is 35.9 Å². The minimum Gasteiger partial charge on any atom is -0.481 e.